The fourth-order valence-electron chi connectivity index (χ4n) is 2.72. The van der Waals surface area contributed by atoms with Crippen molar-refractivity contribution in [3.8, 4) is 0 Å². The molecule has 2 rings (SSSR count). The third-order valence-electron chi connectivity index (χ3n) is 4.35. The lowest BCUT2D eigenvalue weighted by atomic mass is 10.0. The molecular formula is C20H31N5S. The van der Waals surface area contributed by atoms with Crippen LogP contribution in [0, 0.1) is 6.92 Å². The van der Waals surface area contributed by atoms with Crippen molar-refractivity contribution in [2.45, 2.75) is 32.7 Å². The second-order valence-electron chi connectivity index (χ2n) is 6.59. The standard InChI is InChI=1S/C20H31N5S/c1-6-17-13-23-19(26-17)11-12-22-20(21-3)24-14-18(25(4)5)16-9-7-15(2)8-10-16/h7-10,13,18H,6,11-12,14H2,1-5H3,(H2,21,22,24). The highest BCUT2D eigenvalue weighted by molar-refractivity contribution is 7.11. The molecule has 6 heteroatoms. The number of nitrogens with zero attached hydrogens (tertiary/aromatic N) is 3. The zero-order valence-electron chi connectivity index (χ0n) is 16.5. The van der Waals surface area contributed by atoms with Crippen molar-refractivity contribution in [3.05, 3.63) is 51.5 Å². The van der Waals surface area contributed by atoms with Crippen LogP contribution in [-0.2, 0) is 12.8 Å². The minimum Gasteiger partial charge on any atom is -0.356 e. The third-order valence-corrected chi connectivity index (χ3v) is 5.55. The highest BCUT2D eigenvalue weighted by Crippen LogP contribution is 2.18. The number of rotatable bonds is 8. The van der Waals surface area contributed by atoms with Crippen molar-refractivity contribution in [1.29, 1.82) is 0 Å². The summed E-state index contributed by atoms with van der Waals surface area (Å²) < 4.78 is 0. The summed E-state index contributed by atoms with van der Waals surface area (Å²) in [5.74, 6) is 0.830. The second-order valence-corrected chi connectivity index (χ2v) is 7.79. The first-order valence-corrected chi connectivity index (χ1v) is 9.96. The lowest BCUT2D eigenvalue weighted by Gasteiger charge is -2.26. The van der Waals surface area contributed by atoms with Gasteiger partial charge in [0.2, 0.25) is 0 Å². The van der Waals surface area contributed by atoms with Crippen LogP contribution in [0.4, 0.5) is 0 Å². The summed E-state index contributed by atoms with van der Waals surface area (Å²) in [7, 11) is 6.02. The molecule has 142 valence electrons. The zero-order chi connectivity index (χ0) is 18.9. The molecular weight excluding hydrogens is 342 g/mol. The van der Waals surface area contributed by atoms with E-state index in [1.165, 1.54) is 21.0 Å². The van der Waals surface area contributed by atoms with Crippen LogP contribution in [0.3, 0.4) is 0 Å². The Labute approximate surface area is 161 Å². The minimum absolute atomic E-state index is 0.292. The Morgan fingerprint density at radius 2 is 1.96 bits per heavy atom. The van der Waals surface area contributed by atoms with Crippen LogP contribution >= 0.6 is 11.3 Å². The van der Waals surface area contributed by atoms with Gasteiger partial charge in [0, 0.05) is 37.6 Å². The summed E-state index contributed by atoms with van der Waals surface area (Å²) in [6, 6.07) is 9.02. The maximum Gasteiger partial charge on any atom is 0.191 e. The Kier molecular flexibility index (Phi) is 8.06. The number of thiazole rings is 1. The molecule has 1 aromatic carbocycles. The van der Waals surface area contributed by atoms with Crippen molar-refractivity contribution in [2.24, 2.45) is 4.99 Å². The Morgan fingerprint density at radius 1 is 1.23 bits per heavy atom. The number of hydrogen-bond donors (Lipinski definition) is 2. The molecule has 0 radical (unpaired) electrons. The first-order chi connectivity index (χ1) is 12.5. The van der Waals surface area contributed by atoms with Gasteiger partial charge >= 0.3 is 0 Å². The highest BCUT2D eigenvalue weighted by atomic mass is 32.1. The molecule has 1 atom stereocenters. The number of likely N-dealkylation sites (N-methyl/N-ethyl adjacent to an activating group) is 1. The Balaban J connectivity index is 1.84. The molecule has 0 aliphatic rings. The SMILES string of the molecule is CCc1cnc(CCNC(=NC)NCC(c2ccc(C)cc2)N(C)C)s1. The van der Waals surface area contributed by atoms with Gasteiger partial charge < -0.3 is 15.5 Å². The smallest absolute Gasteiger partial charge is 0.191 e. The fourth-order valence-corrected chi connectivity index (χ4v) is 3.58. The number of aromatic nitrogens is 1. The van der Waals surface area contributed by atoms with Gasteiger partial charge in [-0.2, -0.15) is 0 Å². The van der Waals surface area contributed by atoms with E-state index in [1.54, 1.807) is 11.3 Å². The Bertz CT molecular complexity index is 690. The van der Waals surface area contributed by atoms with Gasteiger partial charge in [0.25, 0.3) is 0 Å². The van der Waals surface area contributed by atoms with E-state index in [0.29, 0.717) is 6.04 Å². The van der Waals surface area contributed by atoms with Crippen LogP contribution in [0.15, 0.2) is 35.5 Å². The predicted molar refractivity (Wildman–Crippen MR) is 112 cm³/mol. The summed E-state index contributed by atoms with van der Waals surface area (Å²) in [4.78, 5) is 12.4. The van der Waals surface area contributed by atoms with Crippen molar-refractivity contribution >= 4 is 17.3 Å². The normalized spacial score (nSPS) is 13.1. The van der Waals surface area contributed by atoms with Gasteiger partial charge in [0.05, 0.1) is 11.0 Å². The highest BCUT2D eigenvalue weighted by Gasteiger charge is 2.14. The molecule has 26 heavy (non-hydrogen) atoms. The molecule has 0 amide bonds. The predicted octanol–water partition coefficient (Wildman–Crippen LogP) is 3.02. The molecule has 0 aliphatic carbocycles. The van der Waals surface area contributed by atoms with Crippen LogP contribution in [-0.4, -0.2) is 50.1 Å². The lowest BCUT2D eigenvalue weighted by Crippen LogP contribution is -2.42. The fraction of sp³-hybridized carbons (Fsp3) is 0.500. The molecule has 0 bridgehead atoms. The van der Waals surface area contributed by atoms with Crippen molar-refractivity contribution in [3.63, 3.8) is 0 Å². The maximum atomic E-state index is 4.47. The summed E-state index contributed by atoms with van der Waals surface area (Å²) in [6.45, 7) is 5.90. The maximum absolute atomic E-state index is 4.47. The third kappa shape index (κ3) is 6.11. The van der Waals surface area contributed by atoms with E-state index in [2.05, 4.69) is 77.7 Å². The van der Waals surface area contributed by atoms with Gasteiger partial charge in [-0.15, -0.1) is 11.3 Å². The van der Waals surface area contributed by atoms with Crippen LogP contribution < -0.4 is 10.6 Å². The molecule has 0 aliphatic heterocycles. The van der Waals surface area contributed by atoms with E-state index in [0.717, 1.165) is 31.9 Å². The molecule has 5 nitrogen and oxygen atoms in total. The van der Waals surface area contributed by atoms with Gasteiger partial charge in [-0.3, -0.25) is 4.99 Å². The Hall–Kier alpha value is -1.92. The van der Waals surface area contributed by atoms with Gasteiger partial charge in [-0.05, 0) is 33.0 Å². The van der Waals surface area contributed by atoms with Crippen LogP contribution in [0.25, 0.3) is 0 Å². The monoisotopic (exact) mass is 373 g/mol. The van der Waals surface area contributed by atoms with Gasteiger partial charge in [0.1, 0.15) is 0 Å². The molecule has 0 spiro atoms. The van der Waals surface area contributed by atoms with E-state index in [4.69, 9.17) is 0 Å². The molecule has 0 saturated carbocycles. The number of aliphatic imine (C=N–C) groups is 1. The van der Waals surface area contributed by atoms with E-state index in [1.807, 2.05) is 13.2 Å². The number of hydrogen-bond acceptors (Lipinski definition) is 4. The molecule has 0 fully saturated rings. The average molecular weight is 374 g/mol. The zero-order valence-corrected chi connectivity index (χ0v) is 17.4. The summed E-state index contributed by atoms with van der Waals surface area (Å²) in [5.41, 5.74) is 2.59. The first kappa shape index (κ1) is 20.4. The van der Waals surface area contributed by atoms with E-state index in [-0.39, 0.29) is 0 Å². The largest absolute Gasteiger partial charge is 0.356 e. The molecule has 0 saturated heterocycles. The molecule has 1 heterocycles. The quantitative estimate of drug-likeness (QED) is 0.552. The number of guanidine groups is 1. The van der Waals surface area contributed by atoms with E-state index in [9.17, 15) is 0 Å². The van der Waals surface area contributed by atoms with Gasteiger partial charge in [0.15, 0.2) is 5.96 Å². The Morgan fingerprint density at radius 3 is 2.54 bits per heavy atom. The number of nitrogens with one attached hydrogen (secondary N) is 2. The van der Waals surface area contributed by atoms with Crippen molar-refractivity contribution < 1.29 is 0 Å². The first-order valence-electron chi connectivity index (χ1n) is 9.14. The van der Waals surface area contributed by atoms with Crippen molar-refractivity contribution in [2.75, 3.05) is 34.2 Å². The van der Waals surface area contributed by atoms with Crippen molar-refractivity contribution in [1.82, 2.24) is 20.5 Å². The number of aryl methyl sites for hydroxylation is 2. The van der Waals surface area contributed by atoms with E-state index < -0.39 is 0 Å². The average Bonchev–Trinajstić information content (AvgIpc) is 3.09. The topological polar surface area (TPSA) is 52.6 Å². The van der Waals surface area contributed by atoms with E-state index >= 15 is 0 Å². The van der Waals surface area contributed by atoms with Crippen LogP contribution in [0.2, 0.25) is 0 Å². The summed E-state index contributed by atoms with van der Waals surface area (Å²) in [6.07, 6.45) is 3.95. The van der Waals surface area contributed by atoms with Gasteiger partial charge in [-0.1, -0.05) is 36.8 Å². The summed E-state index contributed by atoms with van der Waals surface area (Å²) >= 11 is 1.79. The minimum atomic E-state index is 0.292. The van der Waals surface area contributed by atoms with Gasteiger partial charge in [-0.25, -0.2) is 4.98 Å². The molecule has 2 N–H and O–H groups in total. The molecule has 2 aromatic rings. The van der Waals surface area contributed by atoms with Crippen LogP contribution in [0.1, 0.15) is 34.0 Å². The lowest BCUT2D eigenvalue weighted by molar-refractivity contribution is 0.298. The number of benzene rings is 1. The second kappa shape index (κ2) is 10.3. The molecule has 1 unspecified atom stereocenters. The summed E-state index contributed by atoms with van der Waals surface area (Å²) in [5, 5.41) is 8.01. The molecule has 1 aromatic heterocycles. The van der Waals surface area contributed by atoms with Crippen LogP contribution in [0.5, 0.6) is 0 Å².